The molecular formula is C17H21NO3. The van der Waals surface area contributed by atoms with Crippen LogP contribution in [0.15, 0.2) is 24.3 Å². The molecule has 0 spiro atoms. The van der Waals surface area contributed by atoms with Gasteiger partial charge in [0.05, 0.1) is 12.8 Å². The lowest BCUT2D eigenvalue weighted by molar-refractivity contribution is -0.142. The first kappa shape index (κ1) is 14.1. The number of nitrogens with one attached hydrogen (secondary N) is 1. The Morgan fingerprint density at radius 3 is 2.67 bits per heavy atom. The lowest BCUT2D eigenvalue weighted by atomic mass is 9.70. The maximum absolute atomic E-state index is 12.8. The van der Waals surface area contributed by atoms with E-state index in [2.05, 4.69) is 5.32 Å². The van der Waals surface area contributed by atoms with Gasteiger partial charge in [0.2, 0.25) is 5.91 Å². The number of carbonyl (C=O) groups excluding carboxylic acids is 2. The van der Waals surface area contributed by atoms with E-state index < -0.39 is 5.41 Å². The van der Waals surface area contributed by atoms with Crippen LogP contribution >= 0.6 is 0 Å². The van der Waals surface area contributed by atoms with Crippen LogP contribution in [-0.4, -0.2) is 18.8 Å². The van der Waals surface area contributed by atoms with Crippen molar-refractivity contribution in [3.8, 4) is 5.75 Å². The number of hydrogen-bond donors (Lipinski definition) is 1. The molecule has 2 saturated carbocycles. The Kier molecular flexibility index (Phi) is 3.08. The fourth-order valence-electron chi connectivity index (χ4n) is 3.97. The summed E-state index contributed by atoms with van der Waals surface area (Å²) in [6, 6.07) is 7.28. The van der Waals surface area contributed by atoms with Gasteiger partial charge in [0.25, 0.3) is 0 Å². The second-order valence-corrected chi connectivity index (χ2v) is 6.73. The van der Waals surface area contributed by atoms with Crippen LogP contribution in [-0.2, 0) is 9.59 Å². The molecule has 21 heavy (non-hydrogen) atoms. The Balaban J connectivity index is 1.88. The molecule has 4 heteroatoms. The third-order valence-corrected chi connectivity index (χ3v) is 5.34. The number of ether oxygens (including phenoxy) is 1. The van der Waals surface area contributed by atoms with E-state index in [9.17, 15) is 9.59 Å². The van der Waals surface area contributed by atoms with E-state index in [4.69, 9.17) is 4.74 Å². The highest BCUT2D eigenvalue weighted by Gasteiger charge is 2.65. The molecule has 1 aromatic carbocycles. The van der Waals surface area contributed by atoms with E-state index in [0.29, 0.717) is 30.2 Å². The molecular weight excluding hydrogens is 266 g/mol. The molecule has 1 aromatic rings. The highest BCUT2D eigenvalue weighted by Crippen LogP contribution is 2.60. The molecule has 4 nitrogen and oxygen atoms in total. The molecule has 0 unspecified atom stereocenters. The fraction of sp³-hybridized carbons (Fsp3) is 0.529. The van der Waals surface area contributed by atoms with E-state index in [1.807, 2.05) is 26.0 Å². The predicted octanol–water partition coefficient (Wildman–Crippen LogP) is 3.03. The fourth-order valence-corrected chi connectivity index (χ4v) is 3.97. The Morgan fingerprint density at radius 1 is 1.33 bits per heavy atom. The van der Waals surface area contributed by atoms with Gasteiger partial charge < -0.3 is 10.1 Å². The largest absolute Gasteiger partial charge is 0.495 e. The van der Waals surface area contributed by atoms with E-state index in [1.165, 1.54) is 0 Å². The standard InChI is InChI=1S/C17H21NO3/c1-16(2)11-8-9-17(10-11,14(16)19)15(20)18-12-6-4-5-7-13(12)21-3/h4-7,11H,8-10H2,1-3H3,(H,18,20)/t11-,17-/m1/s1. The summed E-state index contributed by atoms with van der Waals surface area (Å²) in [4.78, 5) is 25.5. The van der Waals surface area contributed by atoms with Gasteiger partial charge in [-0.2, -0.15) is 0 Å². The average molecular weight is 287 g/mol. The van der Waals surface area contributed by atoms with E-state index in [1.54, 1.807) is 19.2 Å². The monoisotopic (exact) mass is 287 g/mol. The van der Waals surface area contributed by atoms with E-state index in [-0.39, 0.29) is 17.1 Å². The maximum atomic E-state index is 12.8. The van der Waals surface area contributed by atoms with Gasteiger partial charge in [-0.1, -0.05) is 26.0 Å². The number of benzene rings is 1. The smallest absolute Gasteiger partial charge is 0.238 e. The zero-order valence-corrected chi connectivity index (χ0v) is 12.7. The molecule has 0 aromatic heterocycles. The highest BCUT2D eigenvalue weighted by atomic mass is 16.5. The summed E-state index contributed by atoms with van der Waals surface area (Å²) >= 11 is 0. The first-order valence-electron chi connectivity index (χ1n) is 7.41. The summed E-state index contributed by atoms with van der Waals surface area (Å²) in [6.07, 6.45) is 2.30. The van der Waals surface area contributed by atoms with Crippen LogP contribution in [0, 0.1) is 16.7 Å². The molecule has 2 aliphatic rings. The van der Waals surface area contributed by atoms with Crippen molar-refractivity contribution in [3.05, 3.63) is 24.3 Å². The Labute approximate surface area is 124 Å². The van der Waals surface area contributed by atoms with Crippen LogP contribution in [0.4, 0.5) is 5.69 Å². The van der Waals surface area contributed by atoms with Crippen LogP contribution in [0.3, 0.4) is 0 Å². The number of ketones is 1. The van der Waals surface area contributed by atoms with Crippen LogP contribution < -0.4 is 10.1 Å². The maximum Gasteiger partial charge on any atom is 0.238 e. The number of para-hydroxylation sites is 2. The predicted molar refractivity (Wildman–Crippen MR) is 80.2 cm³/mol. The second kappa shape index (κ2) is 4.58. The van der Waals surface area contributed by atoms with Gasteiger partial charge in [-0.05, 0) is 37.3 Å². The van der Waals surface area contributed by atoms with E-state index >= 15 is 0 Å². The quantitative estimate of drug-likeness (QED) is 0.869. The Bertz CT molecular complexity index is 608. The molecule has 112 valence electrons. The van der Waals surface area contributed by atoms with Crippen molar-refractivity contribution in [2.24, 2.45) is 16.7 Å². The molecule has 0 aliphatic heterocycles. The zero-order valence-electron chi connectivity index (χ0n) is 12.7. The van der Waals surface area contributed by atoms with Crippen LogP contribution in [0.5, 0.6) is 5.75 Å². The molecule has 1 amide bonds. The molecule has 2 fully saturated rings. The minimum Gasteiger partial charge on any atom is -0.495 e. The minimum absolute atomic E-state index is 0.0960. The summed E-state index contributed by atoms with van der Waals surface area (Å²) in [5, 5.41) is 2.91. The molecule has 0 heterocycles. The van der Waals surface area contributed by atoms with Crippen molar-refractivity contribution in [3.63, 3.8) is 0 Å². The number of rotatable bonds is 3. The zero-order chi connectivity index (χ0) is 15.3. The molecule has 1 N–H and O–H groups in total. The Hall–Kier alpha value is -1.84. The molecule has 2 atom stereocenters. The third-order valence-electron chi connectivity index (χ3n) is 5.34. The highest BCUT2D eigenvalue weighted by molar-refractivity contribution is 6.15. The van der Waals surface area contributed by atoms with Crippen molar-refractivity contribution in [2.75, 3.05) is 12.4 Å². The van der Waals surface area contributed by atoms with Crippen LogP contribution in [0.25, 0.3) is 0 Å². The van der Waals surface area contributed by atoms with Crippen molar-refractivity contribution in [1.29, 1.82) is 0 Å². The van der Waals surface area contributed by atoms with Gasteiger partial charge in [0.1, 0.15) is 11.2 Å². The molecule has 0 saturated heterocycles. The number of anilines is 1. The van der Waals surface area contributed by atoms with Crippen molar-refractivity contribution in [2.45, 2.75) is 33.1 Å². The van der Waals surface area contributed by atoms with Gasteiger partial charge >= 0.3 is 0 Å². The first-order chi connectivity index (χ1) is 9.91. The molecule has 2 bridgehead atoms. The number of fused-ring (bicyclic) bond motifs is 2. The first-order valence-corrected chi connectivity index (χ1v) is 7.41. The summed E-state index contributed by atoms with van der Waals surface area (Å²) in [6.45, 7) is 3.94. The van der Waals surface area contributed by atoms with Crippen molar-refractivity contribution >= 4 is 17.4 Å². The normalized spacial score (nSPS) is 29.5. The topological polar surface area (TPSA) is 55.4 Å². The lowest BCUT2D eigenvalue weighted by Crippen LogP contribution is -2.44. The van der Waals surface area contributed by atoms with Crippen LogP contribution in [0.2, 0.25) is 0 Å². The number of carbonyl (C=O) groups is 2. The van der Waals surface area contributed by atoms with Crippen LogP contribution in [0.1, 0.15) is 33.1 Å². The number of hydrogen-bond acceptors (Lipinski definition) is 3. The second-order valence-electron chi connectivity index (χ2n) is 6.73. The summed E-state index contributed by atoms with van der Waals surface area (Å²) < 4.78 is 5.25. The minimum atomic E-state index is -0.838. The Morgan fingerprint density at radius 2 is 2.05 bits per heavy atom. The van der Waals surface area contributed by atoms with Crippen molar-refractivity contribution < 1.29 is 14.3 Å². The molecule has 2 aliphatic carbocycles. The number of amides is 1. The number of methoxy groups -OCH3 is 1. The molecule has 3 rings (SSSR count). The third kappa shape index (κ3) is 1.88. The van der Waals surface area contributed by atoms with Crippen molar-refractivity contribution in [1.82, 2.24) is 0 Å². The average Bonchev–Trinajstić information content (AvgIpc) is 3.00. The molecule has 0 radical (unpaired) electrons. The van der Waals surface area contributed by atoms with Gasteiger partial charge in [-0.25, -0.2) is 0 Å². The SMILES string of the molecule is COc1ccccc1NC(=O)[C@]12CC[C@H](C1)C(C)(C)C2=O. The summed E-state index contributed by atoms with van der Waals surface area (Å²) in [7, 11) is 1.57. The summed E-state index contributed by atoms with van der Waals surface area (Å²) in [5.74, 6) is 0.860. The van der Waals surface area contributed by atoms with Gasteiger partial charge in [-0.15, -0.1) is 0 Å². The van der Waals surface area contributed by atoms with E-state index in [0.717, 1.165) is 6.42 Å². The summed E-state index contributed by atoms with van der Waals surface area (Å²) in [5.41, 5.74) is -0.592. The van der Waals surface area contributed by atoms with Gasteiger partial charge in [0.15, 0.2) is 5.78 Å². The number of Topliss-reactive ketones (excluding diaryl/α,β-unsaturated/α-hetero) is 1. The lowest BCUT2D eigenvalue weighted by Gasteiger charge is -2.32. The van der Waals surface area contributed by atoms with Gasteiger partial charge in [0, 0.05) is 5.41 Å². The van der Waals surface area contributed by atoms with Gasteiger partial charge in [-0.3, -0.25) is 9.59 Å².